The standard InChI is InChI=1S/C14H12N4O4S/c19-14(20)11-7-4-8-12-13(11)16-17-18(12)9-15-23(21,22)10-5-2-1-3-6-10/h1-8,15H,9H2,(H,19,20). The molecule has 1 heterocycles. The van der Waals surface area contributed by atoms with E-state index in [1.165, 1.54) is 22.9 Å². The summed E-state index contributed by atoms with van der Waals surface area (Å²) in [6.45, 7) is -0.156. The lowest BCUT2D eigenvalue weighted by Crippen LogP contribution is -2.26. The van der Waals surface area contributed by atoms with E-state index in [0.29, 0.717) is 5.52 Å². The molecule has 1 aromatic heterocycles. The molecule has 9 heteroatoms. The highest BCUT2D eigenvalue weighted by molar-refractivity contribution is 7.89. The molecule has 23 heavy (non-hydrogen) atoms. The van der Waals surface area contributed by atoms with E-state index >= 15 is 0 Å². The summed E-state index contributed by atoms with van der Waals surface area (Å²) in [6, 6.07) is 12.5. The van der Waals surface area contributed by atoms with E-state index in [2.05, 4.69) is 15.0 Å². The van der Waals surface area contributed by atoms with Gasteiger partial charge in [0.25, 0.3) is 0 Å². The first kappa shape index (κ1) is 15.1. The molecule has 0 aliphatic heterocycles. The number of hydrogen-bond donors (Lipinski definition) is 2. The Morgan fingerprint density at radius 1 is 1.13 bits per heavy atom. The van der Waals surface area contributed by atoms with Gasteiger partial charge in [0.15, 0.2) is 0 Å². The van der Waals surface area contributed by atoms with Crippen molar-refractivity contribution in [2.45, 2.75) is 11.6 Å². The number of fused-ring (bicyclic) bond motifs is 1. The van der Waals surface area contributed by atoms with Crippen molar-refractivity contribution in [1.29, 1.82) is 0 Å². The van der Waals surface area contributed by atoms with Crippen molar-refractivity contribution in [2.24, 2.45) is 0 Å². The number of nitrogens with one attached hydrogen (secondary N) is 1. The third kappa shape index (κ3) is 2.91. The van der Waals surface area contributed by atoms with Gasteiger partial charge in [0.05, 0.1) is 16.0 Å². The van der Waals surface area contributed by atoms with Crippen LogP contribution in [-0.4, -0.2) is 34.5 Å². The molecular formula is C14H12N4O4S. The SMILES string of the molecule is O=C(O)c1cccc2c1nnn2CNS(=O)(=O)c1ccccc1. The monoisotopic (exact) mass is 332 g/mol. The van der Waals surface area contributed by atoms with E-state index in [4.69, 9.17) is 5.11 Å². The summed E-state index contributed by atoms with van der Waals surface area (Å²) in [5, 5.41) is 16.7. The van der Waals surface area contributed by atoms with Crippen LogP contribution in [0.3, 0.4) is 0 Å². The molecule has 3 aromatic rings. The van der Waals surface area contributed by atoms with Gasteiger partial charge in [-0.3, -0.25) is 0 Å². The minimum absolute atomic E-state index is 0.0136. The molecule has 0 aliphatic carbocycles. The molecule has 2 aromatic carbocycles. The van der Waals surface area contributed by atoms with E-state index in [1.54, 1.807) is 30.3 Å². The van der Waals surface area contributed by atoms with Gasteiger partial charge >= 0.3 is 5.97 Å². The highest BCUT2D eigenvalue weighted by Crippen LogP contribution is 2.16. The van der Waals surface area contributed by atoms with Gasteiger partial charge in [0.1, 0.15) is 12.2 Å². The zero-order valence-electron chi connectivity index (χ0n) is 11.7. The number of aromatic nitrogens is 3. The molecule has 8 nitrogen and oxygen atoms in total. The van der Waals surface area contributed by atoms with Gasteiger partial charge in [-0.15, -0.1) is 5.10 Å². The van der Waals surface area contributed by atoms with Crippen LogP contribution in [0.25, 0.3) is 11.0 Å². The molecule has 0 radical (unpaired) electrons. The van der Waals surface area contributed by atoms with Crippen molar-refractivity contribution < 1.29 is 18.3 Å². The topological polar surface area (TPSA) is 114 Å². The van der Waals surface area contributed by atoms with Crippen LogP contribution >= 0.6 is 0 Å². The maximum atomic E-state index is 12.2. The van der Waals surface area contributed by atoms with Crippen molar-refractivity contribution in [3.8, 4) is 0 Å². The van der Waals surface area contributed by atoms with E-state index in [1.807, 2.05) is 0 Å². The second-order valence-electron chi connectivity index (χ2n) is 4.69. The maximum absolute atomic E-state index is 12.2. The van der Waals surface area contributed by atoms with Crippen molar-refractivity contribution in [3.63, 3.8) is 0 Å². The van der Waals surface area contributed by atoms with Gasteiger partial charge in [-0.25, -0.2) is 17.9 Å². The van der Waals surface area contributed by atoms with E-state index < -0.39 is 16.0 Å². The molecular weight excluding hydrogens is 320 g/mol. The highest BCUT2D eigenvalue weighted by atomic mass is 32.2. The molecule has 0 fully saturated rings. The summed E-state index contributed by atoms with van der Waals surface area (Å²) in [5.74, 6) is -1.12. The Morgan fingerprint density at radius 2 is 1.87 bits per heavy atom. The predicted octanol–water partition coefficient (Wildman–Crippen LogP) is 1.07. The summed E-state index contributed by atoms with van der Waals surface area (Å²) in [7, 11) is -3.69. The summed E-state index contributed by atoms with van der Waals surface area (Å²) >= 11 is 0. The minimum Gasteiger partial charge on any atom is -0.478 e. The number of aromatic carboxylic acids is 1. The Bertz CT molecular complexity index is 967. The Labute approximate surface area is 131 Å². The first-order chi connectivity index (χ1) is 11.0. The lowest BCUT2D eigenvalue weighted by molar-refractivity contribution is 0.0699. The molecule has 118 valence electrons. The minimum atomic E-state index is -3.69. The van der Waals surface area contributed by atoms with Crippen molar-refractivity contribution in [1.82, 2.24) is 19.7 Å². The molecule has 3 rings (SSSR count). The normalized spacial score (nSPS) is 11.7. The molecule has 0 unspecified atom stereocenters. The predicted molar refractivity (Wildman–Crippen MR) is 81.3 cm³/mol. The number of rotatable bonds is 5. The number of sulfonamides is 1. The van der Waals surface area contributed by atoms with Crippen LogP contribution in [0, 0.1) is 0 Å². The molecule has 0 saturated carbocycles. The fourth-order valence-corrected chi connectivity index (χ4v) is 3.08. The van der Waals surface area contributed by atoms with Crippen LogP contribution in [0.4, 0.5) is 0 Å². The van der Waals surface area contributed by atoms with Crippen LogP contribution in [0.2, 0.25) is 0 Å². The quantitative estimate of drug-likeness (QED) is 0.722. The number of carbonyl (C=O) groups is 1. The number of carboxylic acids is 1. The van der Waals surface area contributed by atoms with E-state index in [9.17, 15) is 13.2 Å². The third-order valence-corrected chi connectivity index (χ3v) is 4.64. The third-order valence-electron chi connectivity index (χ3n) is 3.23. The van der Waals surface area contributed by atoms with Gasteiger partial charge in [-0.1, -0.05) is 29.5 Å². The fourth-order valence-electron chi connectivity index (χ4n) is 2.11. The molecule has 0 atom stereocenters. The second-order valence-corrected chi connectivity index (χ2v) is 6.45. The molecule has 0 saturated heterocycles. The molecule has 0 bridgehead atoms. The molecule has 0 amide bonds. The van der Waals surface area contributed by atoms with Gasteiger partial charge in [-0.05, 0) is 24.3 Å². The van der Waals surface area contributed by atoms with Crippen molar-refractivity contribution >= 4 is 27.0 Å². The molecule has 0 aliphatic rings. The molecule has 0 spiro atoms. The van der Waals surface area contributed by atoms with Crippen molar-refractivity contribution in [2.75, 3.05) is 0 Å². The number of nitrogens with zero attached hydrogens (tertiary/aromatic N) is 3. The van der Waals surface area contributed by atoms with Crippen LogP contribution in [0.5, 0.6) is 0 Å². The summed E-state index contributed by atoms with van der Waals surface area (Å²) in [6.07, 6.45) is 0. The first-order valence-electron chi connectivity index (χ1n) is 6.59. The maximum Gasteiger partial charge on any atom is 0.338 e. The summed E-state index contributed by atoms with van der Waals surface area (Å²) < 4.78 is 28.0. The smallest absolute Gasteiger partial charge is 0.338 e. The Balaban J connectivity index is 1.89. The van der Waals surface area contributed by atoms with Gasteiger partial charge in [-0.2, -0.15) is 4.72 Å². The number of carboxylic acid groups (broad SMARTS) is 1. The van der Waals surface area contributed by atoms with E-state index in [-0.39, 0.29) is 22.6 Å². The van der Waals surface area contributed by atoms with Crippen LogP contribution in [0.1, 0.15) is 10.4 Å². The lowest BCUT2D eigenvalue weighted by atomic mass is 10.2. The van der Waals surface area contributed by atoms with Gasteiger partial charge in [0.2, 0.25) is 10.0 Å². The Hall–Kier alpha value is -2.78. The van der Waals surface area contributed by atoms with Crippen LogP contribution in [0.15, 0.2) is 53.4 Å². The van der Waals surface area contributed by atoms with E-state index in [0.717, 1.165) is 0 Å². The number of hydrogen-bond acceptors (Lipinski definition) is 5. The largest absolute Gasteiger partial charge is 0.478 e. The first-order valence-corrected chi connectivity index (χ1v) is 8.07. The zero-order valence-corrected chi connectivity index (χ0v) is 12.6. The van der Waals surface area contributed by atoms with Gasteiger partial charge in [0, 0.05) is 0 Å². The highest BCUT2D eigenvalue weighted by Gasteiger charge is 2.16. The average molecular weight is 332 g/mol. The zero-order chi connectivity index (χ0) is 16.4. The van der Waals surface area contributed by atoms with Crippen LogP contribution < -0.4 is 4.72 Å². The second kappa shape index (κ2) is 5.78. The van der Waals surface area contributed by atoms with Crippen LogP contribution in [-0.2, 0) is 16.7 Å². The fraction of sp³-hybridized carbons (Fsp3) is 0.0714. The lowest BCUT2D eigenvalue weighted by Gasteiger charge is -2.07. The van der Waals surface area contributed by atoms with Gasteiger partial charge < -0.3 is 5.11 Å². The average Bonchev–Trinajstić information content (AvgIpc) is 2.97. The van der Waals surface area contributed by atoms with Crippen molar-refractivity contribution in [3.05, 3.63) is 54.1 Å². The Morgan fingerprint density at radius 3 is 2.57 bits per heavy atom. The Kier molecular flexibility index (Phi) is 3.80. The summed E-state index contributed by atoms with van der Waals surface area (Å²) in [5.41, 5.74) is 0.652. The number of benzene rings is 2. The molecule has 2 N–H and O–H groups in total. The summed E-state index contributed by atoms with van der Waals surface area (Å²) in [4.78, 5) is 11.3.